The van der Waals surface area contributed by atoms with Crippen LogP contribution in [0.25, 0.3) is 11.1 Å². The highest BCUT2D eigenvalue weighted by molar-refractivity contribution is 7.79. The molecule has 5 rings (SSSR count). The lowest BCUT2D eigenvalue weighted by molar-refractivity contribution is 0.740. The Hall–Kier alpha value is -3.78. The van der Waals surface area contributed by atoms with Crippen LogP contribution < -0.4 is 27.1 Å². The molecule has 3 nitrogen and oxygen atoms in total. The summed E-state index contributed by atoms with van der Waals surface area (Å²) in [6, 6.07) is 44.3. The highest BCUT2D eigenvalue weighted by Crippen LogP contribution is 2.33. The van der Waals surface area contributed by atoms with E-state index < -0.39 is 14.1 Å². The molecular formula is C30H26N3P. The molecule has 0 saturated carbocycles. The van der Waals surface area contributed by atoms with Crippen molar-refractivity contribution in [1.82, 2.24) is 4.98 Å². The number of hydrogen-bond acceptors (Lipinski definition) is 2. The van der Waals surface area contributed by atoms with Crippen LogP contribution in [-0.4, -0.2) is 4.98 Å². The summed E-state index contributed by atoms with van der Waals surface area (Å²) in [6.45, 7) is 0. The van der Waals surface area contributed by atoms with E-state index in [1.807, 2.05) is 30.5 Å². The number of benzene rings is 4. The van der Waals surface area contributed by atoms with Gasteiger partial charge in [0.1, 0.15) is 11.7 Å². The van der Waals surface area contributed by atoms with Crippen molar-refractivity contribution in [2.45, 2.75) is 6.17 Å². The Bertz CT molecular complexity index is 1370. The van der Waals surface area contributed by atoms with Crippen LogP contribution in [-0.2, 0) is 0 Å². The highest BCUT2D eigenvalue weighted by Gasteiger charge is 2.17. The summed E-state index contributed by atoms with van der Waals surface area (Å²) in [7, 11) is -0.694. The van der Waals surface area contributed by atoms with Crippen LogP contribution in [0.2, 0.25) is 0 Å². The van der Waals surface area contributed by atoms with Crippen molar-refractivity contribution < 1.29 is 0 Å². The zero-order valence-corrected chi connectivity index (χ0v) is 19.6. The van der Waals surface area contributed by atoms with Crippen molar-refractivity contribution in [2.24, 2.45) is 10.7 Å². The van der Waals surface area contributed by atoms with Gasteiger partial charge in [-0.05, 0) is 53.2 Å². The first-order valence-electron chi connectivity index (χ1n) is 11.3. The van der Waals surface area contributed by atoms with E-state index in [4.69, 9.17) is 10.7 Å². The summed E-state index contributed by atoms with van der Waals surface area (Å²) >= 11 is 0. The Labute approximate surface area is 201 Å². The van der Waals surface area contributed by atoms with E-state index in [0.29, 0.717) is 0 Å². The lowest BCUT2D eigenvalue weighted by Crippen LogP contribution is -2.22. The molecule has 4 heteroatoms. The molecule has 4 aromatic carbocycles. The summed E-state index contributed by atoms with van der Waals surface area (Å²) in [5.74, 6) is 0. The molecule has 0 radical (unpaired) electrons. The molecule has 0 fully saturated rings. The van der Waals surface area contributed by atoms with Crippen LogP contribution in [0.3, 0.4) is 0 Å². The van der Waals surface area contributed by atoms with Gasteiger partial charge in [-0.15, -0.1) is 0 Å². The Morgan fingerprint density at radius 1 is 0.618 bits per heavy atom. The van der Waals surface area contributed by atoms with Crippen molar-refractivity contribution in [2.75, 3.05) is 0 Å². The maximum atomic E-state index is 6.64. The predicted molar refractivity (Wildman–Crippen MR) is 144 cm³/mol. The third-order valence-corrected chi connectivity index (χ3v) is 8.11. The van der Waals surface area contributed by atoms with E-state index in [1.54, 1.807) is 0 Å². The van der Waals surface area contributed by atoms with Crippen LogP contribution in [0.5, 0.6) is 0 Å². The number of aromatic amines is 1. The van der Waals surface area contributed by atoms with Gasteiger partial charge in [-0.3, -0.25) is 0 Å². The van der Waals surface area contributed by atoms with Crippen LogP contribution in [0, 0.1) is 0 Å². The number of nitrogens with two attached hydrogens (primary N) is 1. The molecule has 1 unspecified atom stereocenters. The first-order valence-corrected chi connectivity index (χ1v) is 12.7. The number of aromatic nitrogens is 1. The predicted octanol–water partition coefficient (Wildman–Crippen LogP) is 5.00. The minimum absolute atomic E-state index is 0.482. The lowest BCUT2D eigenvalue weighted by atomic mass is 10.1. The molecule has 0 amide bonds. The third-order valence-electron chi connectivity index (χ3n) is 5.69. The van der Waals surface area contributed by atoms with Gasteiger partial charge in [0.2, 0.25) is 0 Å². The Morgan fingerprint density at radius 3 is 1.85 bits per heavy atom. The third kappa shape index (κ3) is 4.92. The number of H-pyrrole nitrogens is 1. The van der Waals surface area contributed by atoms with Crippen molar-refractivity contribution >= 4 is 23.8 Å². The highest BCUT2D eigenvalue weighted by atomic mass is 31.1. The van der Waals surface area contributed by atoms with Crippen LogP contribution in [0.1, 0.15) is 11.7 Å². The van der Waals surface area contributed by atoms with Crippen molar-refractivity contribution in [3.05, 3.63) is 145 Å². The van der Waals surface area contributed by atoms with Gasteiger partial charge in [0, 0.05) is 11.8 Å². The van der Waals surface area contributed by atoms with Gasteiger partial charge in [0.05, 0.1) is 0 Å². The fourth-order valence-corrected chi connectivity index (χ4v) is 6.40. The first-order chi connectivity index (χ1) is 16.8. The number of nitrogens with one attached hydrogen (secondary N) is 1. The van der Waals surface area contributed by atoms with Gasteiger partial charge in [0.25, 0.3) is 0 Å². The van der Waals surface area contributed by atoms with Crippen molar-refractivity contribution in [1.29, 1.82) is 0 Å². The second-order valence-corrected chi connectivity index (χ2v) is 10.2. The van der Waals surface area contributed by atoms with E-state index in [1.165, 1.54) is 15.9 Å². The molecule has 0 bridgehead atoms. The molecule has 5 aromatic rings. The van der Waals surface area contributed by atoms with E-state index in [9.17, 15) is 0 Å². The lowest BCUT2D eigenvalue weighted by Gasteiger charge is -2.20. The molecule has 0 aliphatic carbocycles. The van der Waals surface area contributed by atoms with E-state index in [0.717, 1.165) is 22.2 Å². The molecule has 3 N–H and O–H groups in total. The molecule has 0 aliphatic rings. The summed E-state index contributed by atoms with van der Waals surface area (Å²) < 4.78 is 0. The van der Waals surface area contributed by atoms with Crippen molar-refractivity contribution in [3.8, 4) is 11.1 Å². The second-order valence-electron chi connectivity index (χ2n) is 7.97. The van der Waals surface area contributed by atoms with Crippen LogP contribution in [0.4, 0.5) is 0 Å². The smallest absolute Gasteiger partial charge is 0.134 e. The monoisotopic (exact) mass is 459 g/mol. The molecule has 1 aromatic heterocycles. The van der Waals surface area contributed by atoms with Gasteiger partial charge < -0.3 is 10.7 Å². The maximum absolute atomic E-state index is 6.64. The topological polar surface area (TPSA) is 54.2 Å². The number of nitrogens with zero attached hydrogens (tertiary/aromatic N) is 1. The number of hydrogen-bond donors (Lipinski definition) is 2. The zero-order valence-electron chi connectivity index (χ0n) is 18.8. The fraction of sp³-hybridized carbons (Fsp3) is 0.0333. The van der Waals surface area contributed by atoms with E-state index in [-0.39, 0.29) is 0 Å². The summed E-state index contributed by atoms with van der Waals surface area (Å²) in [6.07, 6.45) is 1.41. The maximum Gasteiger partial charge on any atom is 0.134 e. The van der Waals surface area contributed by atoms with Crippen molar-refractivity contribution in [3.63, 3.8) is 0 Å². The van der Waals surface area contributed by atoms with Gasteiger partial charge in [-0.2, -0.15) is 0 Å². The minimum atomic E-state index is -0.694. The molecule has 0 spiro atoms. The number of pyridine rings is 1. The molecule has 1 heterocycles. The second kappa shape index (κ2) is 10.4. The molecule has 166 valence electrons. The fourth-order valence-electron chi connectivity index (χ4n) is 4.05. The van der Waals surface area contributed by atoms with Gasteiger partial charge in [0.15, 0.2) is 0 Å². The standard InChI is InChI=1S/C30H26N3P/c31-29(33-30-28(20-11-21-32-30)23-12-4-1-5-13-23)24-14-10-19-27(22-24)34(25-15-6-2-7-16-25)26-17-8-3-9-18-26/h1-22,29H,31H2,(H,32,33). The van der Waals surface area contributed by atoms with E-state index in [2.05, 4.69) is 108 Å². The summed E-state index contributed by atoms with van der Waals surface area (Å²) in [4.78, 5) is 8.16. The molecule has 0 aliphatic heterocycles. The van der Waals surface area contributed by atoms with Gasteiger partial charge in [-0.1, -0.05) is 109 Å². The molecular weight excluding hydrogens is 433 g/mol. The van der Waals surface area contributed by atoms with Crippen LogP contribution >= 0.6 is 7.92 Å². The Kier molecular flexibility index (Phi) is 6.76. The molecule has 34 heavy (non-hydrogen) atoms. The zero-order chi connectivity index (χ0) is 23.2. The average molecular weight is 460 g/mol. The van der Waals surface area contributed by atoms with Gasteiger partial charge in [-0.25, -0.2) is 4.99 Å². The van der Waals surface area contributed by atoms with Gasteiger partial charge >= 0.3 is 0 Å². The Morgan fingerprint density at radius 2 is 1.21 bits per heavy atom. The summed E-state index contributed by atoms with van der Waals surface area (Å²) in [5, 5.41) is 3.89. The quantitative estimate of drug-likeness (QED) is 0.345. The average Bonchev–Trinajstić information content (AvgIpc) is 2.91. The minimum Gasteiger partial charge on any atom is -0.346 e. The Balaban J connectivity index is 1.55. The van der Waals surface area contributed by atoms with Crippen LogP contribution in [0.15, 0.2) is 139 Å². The normalized spacial score (nSPS) is 12.6. The first kappa shape index (κ1) is 22.0. The summed E-state index contributed by atoms with van der Waals surface area (Å²) in [5.41, 5.74) is 10.6. The molecule has 1 atom stereocenters. The number of rotatable bonds is 6. The SMILES string of the molecule is NC(/N=c1\[nH]cccc1-c1ccccc1)c1cccc(P(c2ccccc2)c2ccccc2)c1. The largest absolute Gasteiger partial charge is 0.346 e. The molecule has 0 saturated heterocycles. The van der Waals surface area contributed by atoms with E-state index >= 15 is 0 Å².